The smallest absolute Gasteiger partial charge is 0.253 e. The van der Waals surface area contributed by atoms with E-state index >= 15 is 0 Å². The van der Waals surface area contributed by atoms with Crippen LogP contribution in [0.4, 0.5) is 11.6 Å². The van der Waals surface area contributed by atoms with E-state index < -0.39 is 0 Å². The number of hydrogen-bond acceptors (Lipinski definition) is 6. The van der Waals surface area contributed by atoms with Crippen LogP contribution in [0.5, 0.6) is 5.88 Å². The Hall–Kier alpha value is -3.42. The quantitative estimate of drug-likeness (QED) is 0.666. The van der Waals surface area contributed by atoms with Crippen LogP contribution in [0, 0.1) is 0 Å². The fourth-order valence-corrected chi connectivity index (χ4v) is 3.97. The molecule has 1 aliphatic heterocycles. The zero-order valence-electron chi connectivity index (χ0n) is 17.4. The van der Waals surface area contributed by atoms with E-state index in [1.54, 1.807) is 36.5 Å². The minimum absolute atomic E-state index is 0.0369. The van der Waals surface area contributed by atoms with Gasteiger partial charge in [-0.05, 0) is 62.4 Å². The first-order chi connectivity index (χ1) is 15.1. The van der Waals surface area contributed by atoms with Crippen LogP contribution < -0.4 is 15.4 Å². The lowest BCUT2D eigenvalue weighted by atomic mass is 10.2. The average molecular weight is 422 g/mol. The van der Waals surface area contributed by atoms with Gasteiger partial charge in [0.1, 0.15) is 6.10 Å². The van der Waals surface area contributed by atoms with Gasteiger partial charge in [0.2, 0.25) is 17.7 Å². The van der Waals surface area contributed by atoms with Crippen molar-refractivity contribution in [2.45, 2.75) is 44.2 Å². The molecule has 8 heteroatoms. The molecule has 1 saturated heterocycles. The van der Waals surface area contributed by atoms with E-state index in [1.807, 2.05) is 4.90 Å². The van der Waals surface area contributed by atoms with Gasteiger partial charge in [0, 0.05) is 42.6 Å². The average Bonchev–Trinajstić information content (AvgIpc) is 3.46. The fourth-order valence-electron chi connectivity index (χ4n) is 3.97. The van der Waals surface area contributed by atoms with Crippen LogP contribution in [0.3, 0.4) is 0 Å². The van der Waals surface area contributed by atoms with E-state index in [-0.39, 0.29) is 24.0 Å². The molecular formula is C23H27N5O3. The minimum atomic E-state index is -0.285. The number of likely N-dealkylation sites (tertiary alicyclic amines) is 1. The second kappa shape index (κ2) is 9.59. The molecule has 1 aromatic heterocycles. The molecule has 0 radical (unpaired) electrons. The summed E-state index contributed by atoms with van der Waals surface area (Å²) in [6.07, 6.45) is 8.54. The van der Waals surface area contributed by atoms with E-state index in [2.05, 4.69) is 27.2 Å². The Kier molecular flexibility index (Phi) is 6.45. The second-order valence-corrected chi connectivity index (χ2v) is 7.89. The Morgan fingerprint density at radius 1 is 1.13 bits per heavy atom. The van der Waals surface area contributed by atoms with E-state index in [1.165, 1.54) is 18.9 Å². The molecule has 1 aliphatic carbocycles. The minimum Gasteiger partial charge on any atom is -0.474 e. The largest absolute Gasteiger partial charge is 0.474 e. The zero-order chi connectivity index (χ0) is 21.6. The van der Waals surface area contributed by atoms with E-state index in [0.29, 0.717) is 36.2 Å². The number of anilines is 2. The number of amides is 2. The van der Waals surface area contributed by atoms with Gasteiger partial charge < -0.3 is 20.3 Å². The lowest BCUT2D eigenvalue weighted by Crippen LogP contribution is -2.31. The van der Waals surface area contributed by atoms with Crippen LogP contribution in [0.2, 0.25) is 0 Å². The SMILES string of the molecule is C=CC(=O)Nc1ccc(C(=O)N2CCC(Nc3nccc(OC4CCCC4)n3)C2)cc1. The van der Waals surface area contributed by atoms with Crippen molar-refractivity contribution in [2.24, 2.45) is 0 Å². The highest BCUT2D eigenvalue weighted by atomic mass is 16.5. The van der Waals surface area contributed by atoms with Crippen LogP contribution in [-0.4, -0.2) is 51.9 Å². The molecule has 2 N–H and O–H groups in total. The molecule has 4 rings (SSSR count). The normalized spacial score (nSPS) is 18.6. The van der Waals surface area contributed by atoms with E-state index in [9.17, 15) is 9.59 Å². The highest BCUT2D eigenvalue weighted by Gasteiger charge is 2.27. The topological polar surface area (TPSA) is 96.5 Å². The summed E-state index contributed by atoms with van der Waals surface area (Å²) in [4.78, 5) is 34.8. The Bertz CT molecular complexity index is 940. The maximum Gasteiger partial charge on any atom is 0.253 e. The third kappa shape index (κ3) is 5.39. The number of rotatable bonds is 7. The first kappa shape index (κ1) is 20.8. The summed E-state index contributed by atoms with van der Waals surface area (Å²) >= 11 is 0. The van der Waals surface area contributed by atoms with Crippen LogP contribution in [0.1, 0.15) is 42.5 Å². The van der Waals surface area contributed by atoms with Crippen molar-refractivity contribution in [1.29, 1.82) is 0 Å². The number of carbonyl (C=O) groups is 2. The van der Waals surface area contributed by atoms with Gasteiger partial charge in [0.25, 0.3) is 5.91 Å². The number of aromatic nitrogens is 2. The first-order valence-corrected chi connectivity index (χ1v) is 10.7. The molecule has 162 valence electrons. The van der Waals surface area contributed by atoms with Crippen LogP contribution in [0.15, 0.2) is 49.2 Å². The highest BCUT2D eigenvalue weighted by molar-refractivity contribution is 5.99. The number of nitrogens with one attached hydrogen (secondary N) is 2. The van der Waals surface area contributed by atoms with Crippen molar-refractivity contribution < 1.29 is 14.3 Å². The molecule has 31 heavy (non-hydrogen) atoms. The van der Waals surface area contributed by atoms with Gasteiger partial charge >= 0.3 is 0 Å². The summed E-state index contributed by atoms with van der Waals surface area (Å²) in [5.41, 5.74) is 1.21. The molecule has 1 aromatic carbocycles. The third-order valence-corrected chi connectivity index (χ3v) is 5.61. The Morgan fingerprint density at radius 3 is 2.65 bits per heavy atom. The molecule has 0 spiro atoms. The summed E-state index contributed by atoms with van der Waals surface area (Å²) in [7, 11) is 0. The standard InChI is InChI=1S/C23H27N5O3/c1-2-20(29)25-17-9-7-16(8-10-17)22(30)28-14-12-18(15-28)26-23-24-13-11-21(27-23)31-19-5-3-4-6-19/h2,7-11,13,18-19H,1,3-6,12,14-15H2,(H,25,29)(H,24,26,27). The van der Waals surface area contributed by atoms with Crippen LogP contribution >= 0.6 is 0 Å². The van der Waals surface area contributed by atoms with Gasteiger partial charge in [-0.2, -0.15) is 4.98 Å². The third-order valence-electron chi connectivity index (χ3n) is 5.61. The number of benzene rings is 1. The maximum absolute atomic E-state index is 12.8. The van der Waals surface area contributed by atoms with Crippen molar-refractivity contribution in [2.75, 3.05) is 23.7 Å². The van der Waals surface area contributed by atoms with Crippen molar-refractivity contribution in [3.8, 4) is 5.88 Å². The highest BCUT2D eigenvalue weighted by Crippen LogP contribution is 2.24. The van der Waals surface area contributed by atoms with Gasteiger partial charge in [-0.1, -0.05) is 6.58 Å². The summed E-state index contributed by atoms with van der Waals surface area (Å²) < 4.78 is 5.95. The predicted molar refractivity (Wildman–Crippen MR) is 118 cm³/mol. The number of nitrogens with zero attached hydrogens (tertiary/aromatic N) is 3. The molecule has 8 nitrogen and oxygen atoms in total. The summed E-state index contributed by atoms with van der Waals surface area (Å²) in [6.45, 7) is 4.66. The van der Waals surface area contributed by atoms with Crippen LogP contribution in [-0.2, 0) is 4.79 Å². The molecular weight excluding hydrogens is 394 g/mol. The zero-order valence-corrected chi connectivity index (χ0v) is 17.4. The molecule has 2 amide bonds. The summed E-state index contributed by atoms with van der Waals surface area (Å²) in [6, 6.07) is 8.73. The van der Waals surface area contributed by atoms with E-state index in [0.717, 1.165) is 19.3 Å². The molecule has 2 aliphatic rings. The predicted octanol–water partition coefficient (Wildman–Crippen LogP) is 3.25. The van der Waals surface area contributed by atoms with E-state index in [4.69, 9.17) is 4.74 Å². The number of hydrogen-bond donors (Lipinski definition) is 2. The summed E-state index contributed by atoms with van der Waals surface area (Å²) in [5.74, 6) is 0.800. The molecule has 1 unspecified atom stereocenters. The lowest BCUT2D eigenvalue weighted by Gasteiger charge is -2.18. The molecule has 2 fully saturated rings. The molecule has 2 heterocycles. The second-order valence-electron chi connectivity index (χ2n) is 7.89. The molecule has 0 bridgehead atoms. The van der Waals surface area contributed by atoms with Gasteiger partial charge in [0.15, 0.2) is 0 Å². The Morgan fingerprint density at radius 2 is 1.90 bits per heavy atom. The molecule has 1 saturated carbocycles. The van der Waals surface area contributed by atoms with Crippen LogP contribution in [0.25, 0.3) is 0 Å². The number of carbonyl (C=O) groups excluding carboxylic acids is 2. The molecule has 2 aromatic rings. The fraction of sp³-hybridized carbons (Fsp3) is 0.391. The Balaban J connectivity index is 1.31. The molecule has 1 atom stereocenters. The van der Waals surface area contributed by atoms with Crippen molar-refractivity contribution >= 4 is 23.5 Å². The van der Waals surface area contributed by atoms with Gasteiger partial charge in [-0.3, -0.25) is 9.59 Å². The Labute approximate surface area is 181 Å². The van der Waals surface area contributed by atoms with Crippen molar-refractivity contribution in [3.63, 3.8) is 0 Å². The van der Waals surface area contributed by atoms with Crippen molar-refractivity contribution in [3.05, 3.63) is 54.7 Å². The number of ether oxygens (including phenoxy) is 1. The summed E-state index contributed by atoms with van der Waals surface area (Å²) in [5, 5.41) is 6.00. The first-order valence-electron chi connectivity index (χ1n) is 10.7. The lowest BCUT2D eigenvalue weighted by molar-refractivity contribution is -0.111. The monoisotopic (exact) mass is 421 g/mol. The van der Waals surface area contributed by atoms with Gasteiger partial charge in [-0.25, -0.2) is 4.98 Å². The van der Waals surface area contributed by atoms with Gasteiger partial charge in [0.05, 0.1) is 0 Å². The van der Waals surface area contributed by atoms with Gasteiger partial charge in [-0.15, -0.1) is 0 Å². The van der Waals surface area contributed by atoms with Crippen molar-refractivity contribution in [1.82, 2.24) is 14.9 Å². The maximum atomic E-state index is 12.8.